The molecule has 0 atom stereocenters. The molecule has 1 aromatic carbocycles. The second kappa shape index (κ2) is 7.56. The number of hydrogen-bond acceptors (Lipinski definition) is 4. The third-order valence-corrected chi connectivity index (χ3v) is 3.04. The second-order valence-electron chi connectivity index (χ2n) is 4.88. The molecule has 0 bridgehead atoms. The van der Waals surface area contributed by atoms with Gasteiger partial charge in [-0.3, -0.25) is 14.6 Å². The first-order chi connectivity index (χ1) is 11.8. The lowest BCUT2D eigenvalue weighted by molar-refractivity contribution is -0.167. The molecule has 0 saturated carbocycles. The normalized spacial score (nSPS) is 11.8. The molecule has 9 heteroatoms. The van der Waals surface area contributed by atoms with Gasteiger partial charge in [0.15, 0.2) is 0 Å². The standard InChI is InChI=1S/C16H13F3N4O2/c1-10(22-23-14(24)13-4-2-3-9-20-13)11-5-7-12(8-6-11)21-15(25)16(17,18)19/h2-9H,1H3,(H,21,25)(H,23,24)/b22-10-. The maximum Gasteiger partial charge on any atom is 0.471 e. The van der Waals surface area contributed by atoms with Crippen molar-refractivity contribution < 1.29 is 22.8 Å². The van der Waals surface area contributed by atoms with Crippen molar-refractivity contribution in [2.24, 2.45) is 5.10 Å². The highest BCUT2D eigenvalue weighted by molar-refractivity contribution is 6.01. The largest absolute Gasteiger partial charge is 0.471 e. The van der Waals surface area contributed by atoms with E-state index < -0.39 is 18.0 Å². The van der Waals surface area contributed by atoms with E-state index in [9.17, 15) is 22.8 Å². The van der Waals surface area contributed by atoms with E-state index in [0.717, 1.165) is 0 Å². The quantitative estimate of drug-likeness (QED) is 0.657. The van der Waals surface area contributed by atoms with Crippen LogP contribution in [-0.4, -0.2) is 28.7 Å². The van der Waals surface area contributed by atoms with E-state index in [1.165, 1.54) is 36.5 Å². The fraction of sp³-hybridized carbons (Fsp3) is 0.125. The van der Waals surface area contributed by atoms with Crippen LogP contribution in [0.25, 0.3) is 0 Å². The molecule has 0 aliphatic heterocycles. The molecule has 2 aromatic rings. The number of benzene rings is 1. The van der Waals surface area contributed by atoms with Crippen LogP contribution < -0.4 is 10.7 Å². The highest BCUT2D eigenvalue weighted by Gasteiger charge is 2.38. The third kappa shape index (κ3) is 5.13. The molecule has 1 aromatic heterocycles. The smallest absolute Gasteiger partial charge is 0.318 e. The maximum absolute atomic E-state index is 12.2. The second-order valence-corrected chi connectivity index (χ2v) is 4.88. The number of alkyl halides is 3. The van der Waals surface area contributed by atoms with Crippen molar-refractivity contribution in [3.8, 4) is 0 Å². The van der Waals surface area contributed by atoms with Crippen molar-refractivity contribution in [2.45, 2.75) is 13.1 Å². The van der Waals surface area contributed by atoms with Crippen LogP contribution in [0, 0.1) is 0 Å². The first-order valence-electron chi connectivity index (χ1n) is 7.01. The summed E-state index contributed by atoms with van der Waals surface area (Å²) in [5, 5.41) is 5.65. The van der Waals surface area contributed by atoms with Gasteiger partial charge in [0.25, 0.3) is 5.91 Å². The minimum Gasteiger partial charge on any atom is -0.318 e. The van der Waals surface area contributed by atoms with Crippen molar-refractivity contribution in [2.75, 3.05) is 5.32 Å². The molecule has 25 heavy (non-hydrogen) atoms. The summed E-state index contributed by atoms with van der Waals surface area (Å²) >= 11 is 0. The number of hydrazone groups is 1. The van der Waals surface area contributed by atoms with Gasteiger partial charge < -0.3 is 5.32 Å². The van der Waals surface area contributed by atoms with Crippen molar-refractivity contribution in [3.05, 3.63) is 59.9 Å². The zero-order chi connectivity index (χ0) is 18.4. The summed E-state index contributed by atoms with van der Waals surface area (Å²) in [6, 6.07) is 10.4. The number of aromatic nitrogens is 1. The van der Waals surface area contributed by atoms with Crippen LogP contribution in [0.15, 0.2) is 53.8 Å². The van der Waals surface area contributed by atoms with Gasteiger partial charge in [-0.05, 0) is 36.8 Å². The summed E-state index contributed by atoms with van der Waals surface area (Å²) < 4.78 is 36.5. The lowest BCUT2D eigenvalue weighted by Gasteiger charge is -2.08. The van der Waals surface area contributed by atoms with Crippen LogP contribution in [0.4, 0.5) is 18.9 Å². The summed E-state index contributed by atoms with van der Waals surface area (Å²) in [6.07, 6.45) is -3.48. The molecule has 1 heterocycles. The lowest BCUT2D eigenvalue weighted by Crippen LogP contribution is -2.29. The van der Waals surface area contributed by atoms with E-state index >= 15 is 0 Å². The first kappa shape index (κ1) is 18.1. The summed E-state index contributed by atoms with van der Waals surface area (Å²) in [5.74, 6) is -2.54. The highest BCUT2D eigenvalue weighted by atomic mass is 19.4. The minimum absolute atomic E-state index is 0.00334. The Balaban J connectivity index is 2.01. The van der Waals surface area contributed by atoms with Gasteiger partial charge in [0.2, 0.25) is 0 Å². The van der Waals surface area contributed by atoms with Crippen molar-refractivity contribution in [3.63, 3.8) is 0 Å². The molecular formula is C16H13F3N4O2. The fourth-order valence-electron chi connectivity index (χ4n) is 1.75. The SMILES string of the molecule is C/C(=N/NC(=O)c1ccccn1)c1ccc(NC(=O)C(F)(F)F)cc1. The number of anilines is 1. The molecular weight excluding hydrogens is 337 g/mol. The molecule has 0 unspecified atom stereocenters. The van der Waals surface area contributed by atoms with Crippen molar-refractivity contribution >= 4 is 23.2 Å². The predicted octanol–water partition coefficient (Wildman–Crippen LogP) is 2.74. The van der Waals surface area contributed by atoms with Gasteiger partial charge in [-0.1, -0.05) is 18.2 Å². The number of rotatable bonds is 4. The van der Waals surface area contributed by atoms with Crippen LogP contribution >= 0.6 is 0 Å². The Kier molecular flexibility index (Phi) is 5.48. The third-order valence-electron chi connectivity index (χ3n) is 3.04. The van der Waals surface area contributed by atoms with Crippen LogP contribution in [0.1, 0.15) is 23.0 Å². The Morgan fingerprint density at radius 2 is 1.76 bits per heavy atom. The molecule has 0 aliphatic rings. The molecule has 2 amide bonds. The molecule has 130 valence electrons. The molecule has 0 spiro atoms. The van der Waals surface area contributed by atoms with E-state index in [-0.39, 0.29) is 11.4 Å². The van der Waals surface area contributed by atoms with E-state index in [2.05, 4.69) is 15.5 Å². The molecule has 0 saturated heterocycles. The predicted molar refractivity (Wildman–Crippen MR) is 85.0 cm³/mol. The van der Waals surface area contributed by atoms with E-state index in [0.29, 0.717) is 11.3 Å². The number of amides is 2. The number of halogens is 3. The number of hydrogen-bond donors (Lipinski definition) is 2. The van der Waals surface area contributed by atoms with E-state index in [4.69, 9.17) is 0 Å². The first-order valence-corrected chi connectivity index (χ1v) is 7.01. The van der Waals surface area contributed by atoms with E-state index in [1.807, 2.05) is 0 Å². The lowest BCUT2D eigenvalue weighted by atomic mass is 10.1. The Hall–Kier alpha value is -3.23. The Bertz CT molecular complexity index is 787. The van der Waals surface area contributed by atoms with Gasteiger partial charge in [-0.2, -0.15) is 18.3 Å². The average Bonchev–Trinajstić information content (AvgIpc) is 2.60. The van der Waals surface area contributed by atoms with Crippen LogP contribution in [0.5, 0.6) is 0 Å². The summed E-state index contributed by atoms with van der Waals surface area (Å²) in [4.78, 5) is 26.5. The number of pyridine rings is 1. The van der Waals surface area contributed by atoms with Gasteiger partial charge >= 0.3 is 12.1 Å². The molecule has 0 aliphatic carbocycles. The summed E-state index contributed by atoms with van der Waals surface area (Å²) in [7, 11) is 0. The van der Waals surface area contributed by atoms with Gasteiger partial charge in [0.1, 0.15) is 5.69 Å². The number of nitrogens with one attached hydrogen (secondary N) is 2. The summed E-state index contributed by atoms with van der Waals surface area (Å²) in [5.41, 5.74) is 3.52. The van der Waals surface area contributed by atoms with Gasteiger partial charge in [-0.25, -0.2) is 5.43 Å². The fourth-order valence-corrected chi connectivity index (χ4v) is 1.75. The van der Waals surface area contributed by atoms with Crippen LogP contribution in [0.3, 0.4) is 0 Å². The molecule has 6 nitrogen and oxygen atoms in total. The Morgan fingerprint density at radius 3 is 2.32 bits per heavy atom. The molecule has 0 radical (unpaired) electrons. The molecule has 0 fully saturated rings. The van der Waals surface area contributed by atoms with Crippen molar-refractivity contribution in [1.29, 1.82) is 0 Å². The Morgan fingerprint density at radius 1 is 1.08 bits per heavy atom. The molecule has 2 rings (SSSR count). The number of carbonyl (C=O) groups excluding carboxylic acids is 2. The van der Waals surface area contributed by atoms with E-state index in [1.54, 1.807) is 24.4 Å². The number of carbonyl (C=O) groups is 2. The zero-order valence-corrected chi connectivity index (χ0v) is 13.0. The highest BCUT2D eigenvalue weighted by Crippen LogP contribution is 2.18. The number of nitrogens with zero attached hydrogens (tertiary/aromatic N) is 2. The maximum atomic E-state index is 12.2. The average molecular weight is 350 g/mol. The monoisotopic (exact) mass is 350 g/mol. The zero-order valence-electron chi connectivity index (χ0n) is 13.0. The molecule has 2 N–H and O–H groups in total. The van der Waals surface area contributed by atoms with Crippen LogP contribution in [-0.2, 0) is 4.79 Å². The van der Waals surface area contributed by atoms with Gasteiger partial charge in [0, 0.05) is 11.9 Å². The topological polar surface area (TPSA) is 83.4 Å². The van der Waals surface area contributed by atoms with Gasteiger partial charge in [-0.15, -0.1) is 0 Å². The van der Waals surface area contributed by atoms with Crippen molar-refractivity contribution in [1.82, 2.24) is 10.4 Å². The van der Waals surface area contributed by atoms with Gasteiger partial charge in [0.05, 0.1) is 5.71 Å². The Labute approximate surface area is 140 Å². The minimum atomic E-state index is -4.95. The summed E-state index contributed by atoms with van der Waals surface area (Å²) in [6.45, 7) is 1.61. The van der Waals surface area contributed by atoms with Crippen LogP contribution in [0.2, 0.25) is 0 Å².